The van der Waals surface area contributed by atoms with E-state index in [4.69, 9.17) is 14.2 Å². The van der Waals surface area contributed by atoms with Crippen molar-refractivity contribution in [3.8, 4) is 11.6 Å². The van der Waals surface area contributed by atoms with Gasteiger partial charge < -0.3 is 29.7 Å². The van der Waals surface area contributed by atoms with Crippen LogP contribution in [0, 0.1) is 6.92 Å². The summed E-state index contributed by atoms with van der Waals surface area (Å²) >= 11 is 0. The molecule has 2 atom stereocenters. The van der Waals surface area contributed by atoms with Crippen molar-refractivity contribution in [2.24, 2.45) is 0 Å². The Hall–Kier alpha value is -4.26. The van der Waals surface area contributed by atoms with E-state index >= 15 is 0 Å². The third-order valence-corrected chi connectivity index (χ3v) is 5.62. The van der Waals surface area contributed by atoms with Crippen LogP contribution in [-0.4, -0.2) is 87.7 Å². The van der Waals surface area contributed by atoms with Crippen LogP contribution in [-0.2, 0) is 20.9 Å². The Morgan fingerprint density at radius 1 is 1.24 bits per heavy atom. The highest BCUT2D eigenvalue weighted by Crippen LogP contribution is 2.20. The molecule has 0 saturated carbocycles. The molecule has 1 aromatic carbocycles. The summed E-state index contributed by atoms with van der Waals surface area (Å²) in [5.41, 5.74) is 1.15. The van der Waals surface area contributed by atoms with Gasteiger partial charge in [-0.1, -0.05) is 22.9 Å². The normalized spacial score (nSPS) is 16.7. The van der Waals surface area contributed by atoms with Gasteiger partial charge in [-0.15, -0.1) is 5.10 Å². The SMILES string of the molecule is CNc1nccc(O[C@H]2CO[C@H](C(=O)Nc3cn(CC(=O)N(C)CCOc4ccc(C)cc4)nn3)C2)n1. The molecule has 0 spiro atoms. The van der Waals surface area contributed by atoms with Gasteiger partial charge in [-0.05, 0) is 19.1 Å². The standard InChI is InChI=1S/C24H30N8O5/c1-16-4-6-17(7-5-16)35-11-10-31(3)22(33)14-32-13-20(29-30-32)27-23(34)19-12-18(15-36-19)37-21-8-9-26-24(25-2)28-21/h4-9,13,18-19H,10-12,14-15H2,1-3H3,(H,27,34)(H,25,26,28)/t18-,19+/m1/s1. The van der Waals surface area contributed by atoms with E-state index in [-0.39, 0.29) is 36.9 Å². The molecule has 2 aromatic heterocycles. The minimum Gasteiger partial charge on any atom is -0.492 e. The Morgan fingerprint density at radius 2 is 2.05 bits per heavy atom. The number of rotatable bonds is 11. The predicted molar refractivity (Wildman–Crippen MR) is 133 cm³/mol. The van der Waals surface area contributed by atoms with Gasteiger partial charge in [0.05, 0.1) is 19.3 Å². The Balaban J connectivity index is 1.19. The Morgan fingerprint density at radius 3 is 2.84 bits per heavy atom. The largest absolute Gasteiger partial charge is 0.492 e. The van der Waals surface area contributed by atoms with Crippen LogP contribution in [0.3, 0.4) is 0 Å². The minimum absolute atomic E-state index is 0.0206. The zero-order valence-electron chi connectivity index (χ0n) is 21.0. The maximum absolute atomic E-state index is 12.6. The summed E-state index contributed by atoms with van der Waals surface area (Å²) < 4.78 is 18.4. The first kappa shape index (κ1) is 25.8. The van der Waals surface area contributed by atoms with Gasteiger partial charge in [0.2, 0.25) is 17.7 Å². The lowest BCUT2D eigenvalue weighted by Crippen LogP contribution is -2.33. The van der Waals surface area contributed by atoms with Crippen LogP contribution in [0.1, 0.15) is 12.0 Å². The highest BCUT2D eigenvalue weighted by Gasteiger charge is 2.33. The molecule has 0 bridgehead atoms. The third kappa shape index (κ3) is 7.36. The molecular formula is C24H30N8O5. The van der Waals surface area contributed by atoms with Crippen molar-refractivity contribution in [3.05, 3.63) is 48.3 Å². The fraction of sp³-hybridized carbons (Fsp3) is 0.417. The van der Waals surface area contributed by atoms with E-state index in [1.54, 1.807) is 31.3 Å². The maximum Gasteiger partial charge on any atom is 0.254 e. The molecule has 13 nitrogen and oxygen atoms in total. The molecule has 2 N–H and O–H groups in total. The molecule has 0 unspecified atom stereocenters. The average molecular weight is 511 g/mol. The van der Waals surface area contributed by atoms with Crippen molar-refractivity contribution in [3.63, 3.8) is 0 Å². The highest BCUT2D eigenvalue weighted by atomic mass is 16.6. The maximum atomic E-state index is 12.6. The average Bonchev–Trinajstić information content (AvgIpc) is 3.54. The molecule has 3 aromatic rings. The number of aryl methyl sites for hydroxylation is 1. The summed E-state index contributed by atoms with van der Waals surface area (Å²) in [5.74, 6) is 1.28. The number of carbonyl (C=O) groups is 2. The number of carbonyl (C=O) groups excluding carboxylic acids is 2. The number of aromatic nitrogens is 5. The van der Waals surface area contributed by atoms with Crippen LogP contribution < -0.4 is 20.1 Å². The monoisotopic (exact) mass is 510 g/mol. The number of hydrogen-bond donors (Lipinski definition) is 2. The summed E-state index contributed by atoms with van der Waals surface area (Å²) in [6.07, 6.45) is 2.40. The molecule has 2 amide bonds. The molecule has 1 saturated heterocycles. The van der Waals surface area contributed by atoms with Gasteiger partial charge in [-0.3, -0.25) is 9.59 Å². The number of amides is 2. The first-order valence-corrected chi connectivity index (χ1v) is 11.8. The van der Waals surface area contributed by atoms with Gasteiger partial charge in [0.1, 0.15) is 31.1 Å². The van der Waals surface area contributed by atoms with Gasteiger partial charge in [-0.2, -0.15) is 4.98 Å². The van der Waals surface area contributed by atoms with Crippen LogP contribution in [0.4, 0.5) is 11.8 Å². The van der Waals surface area contributed by atoms with Crippen molar-refractivity contribution < 1.29 is 23.8 Å². The minimum atomic E-state index is -0.706. The molecule has 4 rings (SSSR count). The van der Waals surface area contributed by atoms with Gasteiger partial charge in [0, 0.05) is 32.8 Å². The summed E-state index contributed by atoms with van der Waals surface area (Å²) in [7, 11) is 3.41. The van der Waals surface area contributed by atoms with Crippen molar-refractivity contribution in [1.29, 1.82) is 0 Å². The van der Waals surface area contributed by atoms with Crippen LogP contribution in [0.25, 0.3) is 0 Å². The first-order valence-electron chi connectivity index (χ1n) is 11.8. The molecular weight excluding hydrogens is 480 g/mol. The van der Waals surface area contributed by atoms with Gasteiger partial charge in [0.25, 0.3) is 5.91 Å². The predicted octanol–water partition coefficient (Wildman–Crippen LogP) is 1.13. The molecule has 1 aliphatic rings. The number of nitrogens with zero attached hydrogens (tertiary/aromatic N) is 6. The van der Waals surface area contributed by atoms with E-state index in [0.29, 0.717) is 31.4 Å². The van der Waals surface area contributed by atoms with Crippen molar-refractivity contribution >= 4 is 23.6 Å². The Labute approximate surface area is 214 Å². The lowest BCUT2D eigenvalue weighted by Gasteiger charge is -2.17. The molecule has 1 fully saturated rings. The van der Waals surface area contributed by atoms with Crippen LogP contribution in [0.15, 0.2) is 42.7 Å². The number of likely N-dealkylation sites (N-methyl/N-ethyl adjacent to an activating group) is 1. The summed E-state index contributed by atoms with van der Waals surface area (Å²) in [4.78, 5) is 34.9. The number of hydrogen-bond acceptors (Lipinski definition) is 10. The quantitative estimate of drug-likeness (QED) is 0.385. The topological polar surface area (TPSA) is 146 Å². The lowest BCUT2D eigenvalue weighted by molar-refractivity contribution is -0.131. The van der Waals surface area contributed by atoms with Gasteiger partial charge in [-0.25, -0.2) is 9.67 Å². The first-order chi connectivity index (χ1) is 17.9. The zero-order valence-corrected chi connectivity index (χ0v) is 21.0. The van der Waals surface area contributed by atoms with E-state index in [2.05, 4.69) is 30.9 Å². The summed E-state index contributed by atoms with van der Waals surface area (Å²) in [6.45, 7) is 3.01. The molecule has 13 heteroatoms. The van der Waals surface area contributed by atoms with Crippen molar-refractivity contribution in [2.75, 3.05) is 44.5 Å². The second-order valence-corrected chi connectivity index (χ2v) is 8.53. The Bertz CT molecular complexity index is 1200. The smallest absolute Gasteiger partial charge is 0.254 e. The Kier molecular flexibility index (Phi) is 8.46. The summed E-state index contributed by atoms with van der Waals surface area (Å²) in [6, 6.07) is 9.36. The molecule has 3 heterocycles. The third-order valence-electron chi connectivity index (χ3n) is 5.62. The van der Waals surface area contributed by atoms with E-state index in [0.717, 1.165) is 11.3 Å². The number of benzene rings is 1. The molecule has 0 aliphatic carbocycles. The second kappa shape index (κ2) is 12.1. The fourth-order valence-electron chi connectivity index (χ4n) is 3.52. The molecule has 1 aliphatic heterocycles. The van der Waals surface area contributed by atoms with E-state index in [1.165, 1.54) is 10.9 Å². The van der Waals surface area contributed by atoms with Gasteiger partial charge >= 0.3 is 0 Å². The number of ether oxygens (including phenoxy) is 3. The highest BCUT2D eigenvalue weighted by molar-refractivity contribution is 5.93. The summed E-state index contributed by atoms with van der Waals surface area (Å²) in [5, 5.41) is 13.4. The van der Waals surface area contributed by atoms with Crippen LogP contribution in [0.2, 0.25) is 0 Å². The number of nitrogens with one attached hydrogen (secondary N) is 2. The van der Waals surface area contributed by atoms with E-state index < -0.39 is 6.10 Å². The molecule has 196 valence electrons. The van der Waals surface area contributed by atoms with Crippen molar-refractivity contribution in [1.82, 2.24) is 29.9 Å². The zero-order chi connectivity index (χ0) is 26.2. The van der Waals surface area contributed by atoms with Crippen LogP contribution in [0.5, 0.6) is 11.6 Å². The molecule has 0 radical (unpaired) electrons. The van der Waals surface area contributed by atoms with Gasteiger partial charge in [0.15, 0.2) is 5.82 Å². The molecule has 37 heavy (non-hydrogen) atoms. The van der Waals surface area contributed by atoms with E-state index in [1.807, 2.05) is 31.2 Å². The van der Waals surface area contributed by atoms with Crippen LogP contribution >= 0.6 is 0 Å². The fourth-order valence-corrected chi connectivity index (χ4v) is 3.52. The second-order valence-electron chi connectivity index (χ2n) is 8.53. The van der Waals surface area contributed by atoms with Crippen molar-refractivity contribution in [2.45, 2.75) is 32.1 Å². The number of anilines is 2. The lowest BCUT2D eigenvalue weighted by atomic mass is 10.2. The van der Waals surface area contributed by atoms with E-state index in [9.17, 15) is 9.59 Å².